The van der Waals surface area contributed by atoms with E-state index in [4.69, 9.17) is 195 Å². The average Bonchev–Trinajstić information content (AvgIpc) is 0.739. The highest BCUT2D eigenvalue weighted by atomic mass is 15.2. The first-order valence-electron chi connectivity index (χ1n) is 73.0. The van der Waals surface area contributed by atoms with Crippen LogP contribution in [0.1, 0.15) is 208 Å². The van der Waals surface area contributed by atoms with E-state index in [1.54, 1.807) is 0 Å². The minimum Gasteiger partial charge on any atom is -0.370 e. The van der Waals surface area contributed by atoms with Gasteiger partial charge in [0.25, 0.3) is 0 Å². The maximum Gasteiger partial charge on any atom is 0.194 e. The number of guanidine groups is 10. The van der Waals surface area contributed by atoms with E-state index in [1.807, 2.05) is 0 Å². The van der Waals surface area contributed by atoms with Gasteiger partial charge in [-0.3, -0.25) is 104 Å². The van der Waals surface area contributed by atoms with Crippen molar-refractivity contribution in [2.75, 3.05) is 65.1 Å². The van der Waals surface area contributed by atoms with E-state index in [1.165, 1.54) is 142 Å². The second-order valence-electron chi connectivity index (χ2n) is 27.1. The molecule has 40 nitrogen and oxygen atoms in total. The third-order valence-electron chi connectivity index (χ3n) is 13.6. The van der Waals surface area contributed by atoms with Crippen molar-refractivity contribution >= 4 is 118 Å². The van der Waals surface area contributed by atoms with Crippen molar-refractivity contribution < 1.29 is 83.6 Å². The minimum atomic E-state index is -3.08. The van der Waals surface area contributed by atoms with Crippen molar-refractivity contribution in [2.45, 2.75) is 133 Å². The van der Waals surface area contributed by atoms with Crippen molar-refractivity contribution in [2.24, 2.45) is 107 Å². The van der Waals surface area contributed by atoms with E-state index in [0.29, 0.717) is 11.1 Å². The number of aryl methyl sites for hydroxylation is 3. The molecule has 0 aliphatic heterocycles. The number of nitrogens with zero attached hydrogens (tertiary/aromatic N) is 10. The lowest BCUT2D eigenvalue weighted by Gasteiger charge is -2.02. The molecule has 0 bridgehead atoms. The molecular formula is C110H160N40. The Labute approximate surface area is 971 Å². The highest BCUT2D eigenvalue weighted by Gasteiger charge is 2.04. The third-order valence-corrected chi connectivity index (χ3v) is 13.6. The molecule has 0 spiro atoms. The van der Waals surface area contributed by atoms with Gasteiger partial charge in [0.1, 0.15) is 0 Å². The molecular weight excluding hydrogens is 1880 g/mol. The zero-order valence-electron chi connectivity index (χ0n) is 144. The number of nitrogens with two attached hydrogens (primary N) is 10. The lowest BCUT2D eigenvalue weighted by Crippen LogP contribution is -2.35. The summed E-state index contributed by atoms with van der Waals surface area (Å²) in [6.07, 6.45) is -16.3. The topological polar surface area (TPSA) is 743 Å². The third kappa shape index (κ3) is 82.1. The Balaban J connectivity index is 0.00000117. The van der Waals surface area contributed by atoms with Crippen molar-refractivity contribution in [3.05, 3.63) is 358 Å². The second-order valence-corrected chi connectivity index (χ2v) is 27.1. The number of hydrogen-bond acceptors (Lipinski definition) is 20. The fraction of sp³-hybridized carbons (Fsp3) is 0.273. The van der Waals surface area contributed by atoms with Gasteiger partial charge in [-0.15, -0.1) is 0 Å². The molecule has 0 radical (unpaired) electrons. The van der Waals surface area contributed by atoms with Crippen LogP contribution in [0.5, 0.6) is 0 Å². The monoisotopic (exact) mass is 2100 g/mol. The molecule has 40 N–H and O–H groups in total. The quantitative estimate of drug-likeness (QED) is 0.0147. The number of benzene rings is 10. The first kappa shape index (κ1) is 60.5. The molecule has 1 unspecified atom stereocenters. The van der Waals surface area contributed by atoms with Crippen molar-refractivity contribution in [1.29, 1.82) is 54.1 Å². The molecule has 0 aromatic heterocycles. The maximum atomic E-state index is 7.97. The van der Waals surface area contributed by atoms with Crippen molar-refractivity contribution in [1.82, 2.24) is 53.2 Å². The van der Waals surface area contributed by atoms with Gasteiger partial charge in [-0.25, -0.2) is 0 Å². The van der Waals surface area contributed by atoms with Gasteiger partial charge in [0.05, 0.1) is 126 Å². The Morgan fingerprint density at radius 3 is 0.667 bits per heavy atom. The van der Waals surface area contributed by atoms with Crippen LogP contribution >= 0.6 is 0 Å². The number of hydrogen-bond donors (Lipinski definition) is 30. The van der Waals surface area contributed by atoms with E-state index < -0.39 is 240 Å². The molecule has 800 valence electrons. The van der Waals surface area contributed by atoms with E-state index >= 15 is 0 Å². The molecule has 0 aliphatic carbocycles. The molecule has 0 saturated heterocycles. The molecule has 1 atom stereocenters. The molecule has 150 heavy (non-hydrogen) atoms. The fourth-order valence-electron chi connectivity index (χ4n) is 8.10. The number of amidine groups is 10. The first-order valence-corrected chi connectivity index (χ1v) is 42.4. The summed E-state index contributed by atoms with van der Waals surface area (Å²) in [4.78, 5) is 35.7. The van der Waals surface area contributed by atoms with Crippen LogP contribution in [0, 0.1) is 54.1 Å². The lowest BCUT2D eigenvalue weighted by molar-refractivity contribution is 0.955. The fourth-order valence-corrected chi connectivity index (χ4v) is 8.10. The molecule has 10 aromatic carbocycles. The van der Waals surface area contributed by atoms with E-state index in [2.05, 4.69) is 103 Å². The summed E-state index contributed by atoms with van der Waals surface area (Å²) in [5.41, 5.74) is 52.9. The Hall–Kier alpha value is -18.4. The SMILES string of the molecule is [2H]c1c([2H])c([2H])c(C([2H])([2H])C([2H])([2H])N=C(N)NC(C)=N)c([2H])c1[2H].[2H]c1c([2H])c([2H])c(C([2H])([2H])CN=C(N)NC(C)=N)c([2H])c1[2H].[2H]c1c([2H])c([2H])c(CC([2H])([2H])N=C(N)NC(C)=N)c([2H])c1[2H].[2H]c1cc(C([2H])([2H])C([2H])([2H])N=C(N)NC(C)=N)cc([2H])c1[2H].[2H]c1cc(CC([2H])([2H])N=C(N)NC(C)=N)cc([2H])c1[2H].[2H]c1cc([2H])c(C([2H])([2H])C([2H])([2H])N=C(N)NC(C)=N)c([2H])c1.[2H]c1cc([2H])c(C([2H])([2H])CN=C(N)NC(C)=N)c([2H])c1.[2H]c1cc([2H])c(CC([2H])([2H])N=C(N)NC(C)=N)c([2H])c1.[2H]c1cc([2H])c(CC([2H])N=C(N)NC(C)=N)c([2H])c1.[2H]c1ccc(C([2H])([2H])C([2H])([2H])N=C(N)NC(C)=N)cc1. The van der Waals surface area contributed by atoms with Gasteiger partial charge < -0.3 is 111 Å². The smallest absolute Gasteiger partial charge is 0.194 e. The van der Waals surface area contributed by atoms with Crippen LogP contribution in [0.2, 0.25) is 0 Å². The number of nitrogens with one attached hydrogen (secondary N) is 20. The van der Waals surface area contributed by atoms with Crippen LogP contribution in [0.3, 0.4) is 0 Å². The van der Waals surface area contributed by atoms with Gasteiger partial charge in [-0.1, -0.05) is 303 Å². The molecule has 40 heteroatoms. The Morgan fingerprint density at radius 2 is 0.380 bits per heavy atom. The van der Waals surface area contributed by atoms with Gasteiger partial charge in [0, 0.05) is 81.5 Å². The van der Waals surface area contributed by atoms with Crippen LogP contribution < -0.4 is 111 Å². The van der Waals surface area contributed by atoms with Crippen LogP contribution in [-0.4, -0.2) is 183 Å². The zero-order chi connectivity index (χ0) is 165. The molecule has 10 rings (SSSR count). The minimum absolute atomic E-state index is 0.0105. The highest BCUT2D eigenvalue weighted by molar-refractivity contribution is 6.01. The Morgan fingerprint density at radius 1 is 0.193 bits per heavy atom. The summed E-state index contributed by atoms with van der Waals surface area (Å²) in [7, 11) is 0. The van der Waals surface area contributed by atoms with Gasteiger partial charge in [0.2, 0.25) is 0 Å². The Kier molecular flexibility index (Phi) is 33.9. The summed E-state index contributed by atoms with van der Waals surface area (Å²) in [5.74, 6) is -3.12. The summed E-state index contributed by atoms with van der Waals surface area (Å²) in [5, 5.41) is 95.1. The average molecular weight is 2100 g/mol. The predicted octanol–water partition coefficient (Wildman–Crippen LogP) is 11.3. The van der Waals surface area contributed by atoms with Gasteiger partial charge in [-0.05, 0) is 189 Å². The molecule has 0 fully saturated rings. The maximum absolute atomic E-state index is 7.97. The highest BCUT2D eigenvalue weighted by Crippen LogP contribution is 2.08. The largest absolute Gasteiger partial charge is 0.370 e. The first-order chi connectivity index (χ1) is 95.6. The predicted molar refractivity (Wildman–Crippen MR) is 632 cm³/mol. The molecule has 0 amide bonds. The summed E-state index contributed by atoms with van der Waals surface area (Å²) < 4.78 is 469. The van der Waals surface area contributed by atoms with E-state index in [-0.39, 0.29) is 256 Å². The summed E-state index contributed by atoms with van der Waals surface area (Å²) in [6, 6.07) is 7.25. The van der Waals surface area contributed by atoms with Gasteiger partial charge in [-0.2, -0.15) is 0 Å². The van der Waals surface area contributed by atoms with Crippen LogP contribution in [-0.2, 0) is 63.9 Å². The van der Waals surface area contributed by atoms with Crippen LogP contribution in [0.25, 0.3) is 0 Å². The van der Waals surface area contributed by atoms with Gasteiger partial charge >= 0.3 is 0 Å². The second kappa shape index (κ2) is 84.0. The lowest BCUT2D eigenvalue weighted by atomic mass is 10.2. The zero-order valence-corrected chi connectivity index (χ0v) is 82.8. The molecule has 0 aliphatic rings. The number of aliphatic imine (C=N–C) groups is 10. The van der Waals surface area contributed by atoms with Crippen LogP contribution in [0.15, 0.2) is 352 Å². The normalized spacial score (nSPS) is 18.4. The number of rotatable bonds is 30. The molecule has 0 heterocycles. The van der Waals surface area contributed by atoms with E-state index in [9.17, 15) is 0 Å². The summed E-state index contributed by atoms with van der Waals surface area (Å²) in [6.45, 7) is -5.60. The van der Waals surface area contributed by atoms with E-state index in [0.717, 1.165) is 24.3 Å². The summed E-state index contributed by atoms with van der Waals surface area (Å²) >= 11 is 0. The standard InChI is InChI=1S/10C11H16N4/c10*1-9(12)15-11(13)14-8-7-10-5-3-2-4-6-10/h10*2-6H,7-8H2,1H3,(H4,12,13,14,15)/i2D,3D,4D,5D,6D,7D2,8D2;2D,3D,4D,5D,6D,8D2;2D,3D,4D,5D,6D,7D2;2D,5D,6D,7D2,8D2;2D,3D,4D,7D2,8D2;2D,5D,6D,8D2;2D,5D,6D,8D;2D,5D,6D,7D2;2D,3D,4D,8D2;2D,7D2,8D2. The molecule has 0 saturated carbocycles. The van der Waals surface area contributed by atoms with Gasteiger partial charge in [0.15, 0.2) is 59.6 Å². The van der Waals surface area contributed by atoms with Crippen molar-refractivity contribution in [3.63, 3.8) is 0 Å². The van der Waals surface area contributed by atoms with Crippen LogP contribution in [0.4, 0.5) is 0 Å². The van der Waals surface area contributed by atoms with Crippen molar-refractivity contribution in [3.8, 4) is 0 Å². The Bertz CT molecular complexity index is 9230. The molecule has 10 aromatic rings.